The van der Waals surface area contributed by atoms with E-state index in [0.29, 0.717) is 0 Å². The number of nitrogens with zero attached hydrogens (tertiary/aromatic N) is 1. The van der Waals surface area contributed by atoms with Crippen molar-refractivity contribution in [3.8, 4) is 11.3 Å². The lowest BCUT2D eigenvalue weighted by Gasteiger charge is -2.06. The third kappa shape index (κ3) is 1.35. The maximum absolute atomic E-state index is 2.24. The van der Waals surface area contributed by atoms with Crippen molar-refractivity contribution in [3.05, 3.63) is 47.7 Å². The third-order valence-electron chi connectivity index (χ3n) is 2.71. The van der Waals surface area contributed by atoms with Gasteiger partial charge in [-0.15, -0.1) is 0 Å². The molecule has 0 saturated heterocycles. The normalized spacial score (nSPS) is 10.5. The molecule has 1 heteroatoms. The highest BCUT2D eigenvalue weighted by Crippen LogP contribution is 2.25. The van der Waals surface area contributed by atoms with E-state index in [1.807, 2.05) is 0 Å². The van der Waals surface area contributed by atoms with Gasteiger partial charge in [0.05, 0.1) is 5.69 Å². The Hall–Kier alpha value is -1.50. The molecule has 2 rings (SSSR count). The second kappa shape index (κ2) is 3.33. The second-order valence-corrected chi connectivity index (χ2v) is 3.74. The Balaban J connectivity index is 2.62. The highest BCUT2D eigenvalue weighted by molar-refractivity contribution is 5.64. The SMILES string of the molecule is Cc1cc(C)n(C)c1-c1ccccc1. The quantitative estimate of drug-likeness (QED) is 0.642. The van der Waals surface area contributed by atoms with E-state index in [1.165, 1.54) is 22.5 Å². The van der Waals surface area contributed by atoms with Crippen LogP contribution in [0.1, 0.15) is 11.3 Å². The van der Waals surface area contributed by atoms with E-state index in [9.17, 15) is 0 Å². The fraction of sp³-hybridized carbons (Fsp3) is 0.231. The molecular weight excluding hydrogens is 170 g/mol. The van der Waals surface area contributed by atoms with E-state index in [2.05, 4.69) is 61.9 Å². The molecule has 1 aromatic heterocycles. The number of benzene rings is 1. The van der Waals surface area contributed by atoms with Crippen molar-refractivity contribution in [2.45, 2.75) is 13.8 Å². The van der Waals surface area contributed by atoms with Crippen molar-refractivity contribution in [2.75, 3.05) is 0 Å². The van der Waals surface area contributed by atoms with Crippen molar-refractivity contribution in [3.63, 3.8) is 0 Å². The lowest BCUT2D eigenvalue weighted by atomic mass is 10.1. The van der Waals surface area contributed by atoms with Gasteiger partial charge in [-0.25, -0.2) is 0 Å². The molecule has 0 radical (unpaired) electrons. The number of hydrogen-bond acceptors (Lipinski definition) is 0. The van der Waals surface area contributed by atoms with Crippen LogP contribution in [0, 0.1) is 13.8 Å². The van der Waals surface area contributed by atoms with Crippen molar-refractivity contribution in [2.24, 2.45) is 7.05 Å². The Morgan fingerprint density at radius 3 is 2.14 bits per heavy atom. The second-order valence-electron chi connectivity index (χ2n) is 3.74. The maximum Gasteiger partial charge on any atom is 0.0509 e. The largest absolute Gasteiger partial charge is 0.348 e. The minimum absolute atomic E-state index is 1.29. The van der Waals surface area contributed by atoms with E-state index in [1.54, 1.807) is 0 Å². The van der Waals surface area contributed by atoms with Gasteiger partial charge in [0, 0.05) is 12.7 Å². The van der Waals surface area contributed by atoms with Gasteiger partial charge in [-0.05, 0) is 31.0 Å². The summed E-state index contributed by atoms with van der Waals surface area (Å²) in [4.78, 5) is 0. The first kappa shape index (κ1) is 9.07. The molecule has 0 aliphatic carbocycles. The van der Waals surface area contributed by atoms with Crippen molar-refractivity contribution >= 4 is 0 Å². The molecule has 0 aliphatic rings. The summed E-state index contributed by atoms with van der Waals surface area (Å²) in [6.45, 7) is 4.30. The van der Waals surface area contributed by atoms with Crippen LogP contribution in [-0.2, 0) is 7.05 Å². The summed E-state index contributed by atoms with van der Waals surface area (Å²) in [7, 11) is 2.12. The van der Waals surface area contributed by atoms with E-state index >= 15 is 0 Å². The monoisotopic (exact) mass is 185 g/mol. The minimum atomic E-state index is 1.29. The van der Waals surface area contributed by atoms with Crippen molar-refractivity contribution in [1.82, 2.24) is 4.57 Å². The Labute approximate surface area is 85.0 Å². The average Bonchev–Trinajstić information content (AvgIpc) is 2.43. The van der Waals surface area contributed by atoms with Crippen LogP contribution in [0.15, 0.2) is 36.4 Å². The van der Waals surface area contributed by atoms with Gasteiger partial charge in [-0.1, -0.05) is 30.3 Å². The molecule has 0 aliphatic heterocycles. The standard InChI is InChI=1S/C13H15N/c1-10-9-11(2)14(3)13(10)12-7-5-4-6-8-12/h4-9H,1-3H3. The van der Waals surface area contributed by atoms with E-state index in [4.69, 9.17) is 0 Å². The molecule has 0 bridgehead atoms. The summed E-state index contributed by atoms with van der Waals surface area (Å²) in [5.74, 6) is 0. The summed E-state index contributed by atoms with van der Waals surface area (Å²) >= 11 is 0. The predicted octanol–water partition coefficient (Wildman–Crippen LogP) is 3.31. The Morgan fingerprint density at radius 1 is 1.00 bits per heavy atom. The Kier molecular flexibility index (Phi) is 2.16. The highest BCUT2D eigenvalue weighted by atomic mass is 15.0. The van der Waals surface area contributed by atoms with Gasteiger partial charge in [-0.3, -0.25) is 0 Å². The molecule has 2 aromatic rings. The summed E-state index contributed by atoms with van der Waals surface area (Å²) in [5, 5.41) is 0. The van der Waals surface area contributed by atoms with Crippen LogP contribution in [0.2, 0.25) is 0 Å². The molecule has 0 spiro atoms. The smallest absolute Gasteiger partial charge is 0.0509 e. The molecule has 0 unspecified atom stereocenters. The molecular formula is C13H15N. The summed E-state index contributed by atoms with van der Waals surface area (Å²) in [6, 6.07) is 12.7. The summed E-state index contributed by atoms with van der Waals surface area (Å²) in [5.41, 5.74) is 5.27. The molecule has 0 atom stereocenters. The van der Waals surface area contributed by atoms with Crippen LogP contribution < -0.4 is 0 Å². The molecule has 72 valence electrons. The fourth-order valence-electron chi connectivity index (χ4n) is 1.94. The van der Waals surface area contributed by atoms with Crippen molar-refractivity contribution < 1.29 is 0 Å². The maximum atomic E-state index is 2.24. The van der Waals surface area contributed by atoms with Crippen LogP contribution in [0.5, 0.6) is 0 Å². The first-order valence-electron chi connectivity index (χ1n) is 4.88. The van der Waals surface area contributed by atoms with Gasteiger partial charge in [-0.2, -0.15) is 0 Å². The minimum Gasteiger partial charge on any atom is -0.348 e. The van der Waals surface area contributed by atoms with E-state index < -0.39 is 0 Å². The first-order chi connectivity index (χ1) is 6.70. The van der Waals surface area contributed by atoms with Crippen LogP contribution in [0.3, 0.4) is 0 Å². The van der Waals surface area contributed by atoms with Gasteiger partial charge in [0.1, 0.15) is 0 Å². The van der Waals surface area contributed by atoms with Gasteiger partial charge < -0.3 is 4.57 Å². The third-order valence-corrected chi connectivity index (χ3v) is 2.71. The fourth-order valence-corrected chi connectivity index (χ4v) is 1.94. The molecule has 0 fully saturated rings. The number of aryl methyl sites for hydroxylation is 2. The number of rotatable bonds is 1. The first-order valence-corrected chi connectivity index (χ1v) is 4.88. The molecule has 0 N–H and O–H groups in total. The zero-order chi connectivity index (χ0) is 10.1. The van der Waals surface area contributed by atoms with Gasteiger partial charge >= 0.3 is 0 Å². The van der Waals surface area contributed by atoms with Gasteiger partial charge in [0.2, 0.25) is 0 Å². The van der Waals surface area contributed by atoms with E-state index in [0.717, 1.165) is 0 Å². The topological polar surface area (TPSA) is 4.93 Å². The van der Waals surface area contributed by atoms with Gasteiger partial charge in [0.15, 0.2) is 0 Å². The molecule has 1 nitrogen and oxygen atoms in total. The molecule has 0 saturated carbocycles. The summed E-state index contributed by atoms with van der Waals surface area (Å²) in [6.07, 6.45) is 0. The molecule has 0 amide bonds. The van der Waals surface area contributed by atoms with Crippen LogP contribution in [0.4, 0.5) is 0 Å². The zero-order valence-corrected chi connectivity index (χ0v) is 8.91. The van der Waals surface area contributed by atoms with Crippen LogP contribution in [-0.4, -0.2) is 4.57 Å². The van der Waals surface area contributed by atoms with Crippen LogP contribution in [0.25, 0.3) is 11.3 Å². The number of hydrogen-bond donors (Lipinski definition) is 0. The molecule has 14 heavy (non-hydrogen) atoms. The zero-order valence-electron chi connectivity index (χ0n) is 8.91. The lowest BCUT2D eigenvalue weighted by molar-refractivity contribution is 0.889. The molecule has 1 heterocycles. The van der Waals surface area contributed by atoms with Crippen molar-refractivity contribution in [1.29, 1.82) is 0 Å². The summed E-state index contributed by atoms with van der Waals surface area (Å²) < 4.78 is 2.24. The Bertz CT molecular complexity index is 438. The molecule has 1 aromatic carbocycles. The highest BCUT2D eigenvalue weighted by Gasteiger charge is 2.07. The lowest BCUT2D eigenvalue weighted by Crippen LogP contribution is -1.94. The van der Waals surface area contributed by atoms with Crippen LogP contribution >= 0.6 is 0 Å². The average molecular weight is 185 g/mol. The number of aromatic nitrogens is 1. The van der Waals surface area contributed by atoms with Gasteiger partial charge in [0.25, 0.3) is 0 Å². The Morgan fingerprint density at radius 2 is 1.64 bits per heavy atom. The van der Waals surface area contributed by atoms with E-state index in [-0.39, 0.29) is 0 Å². The predicted molar refractivity (Wildman–Crippen MR) is 60.3 cm³/mol.